The van der Waals surface area contributed by atoms with Gasteiger partial charge in [0.25, 0.3) is 0 Å². The Morgan fingerprint density at radius 3 is 2.94 bits per heavy atom. The first-order valence-corrected chi connectivity index (χ1v) is 6.29. The van der Waals surface area contributed by atoms with Gasteiger partial charge in [-0.25, -0.2) is 9.78 Å². The minimum absolute atomic E-state index is 0.341. The zero-order valence-electron chi connectivity index (χ0n) is 10.8. The van der Waals surface area contributed by atoms with Crippen LogP contribution in [0.25, 0.3) is 0 Å². The molecule has 0 spiro atoms. The van der Waals surface area contributed by atoms with Gasteiger partial charge in [-0.05, 0) is 31.7 Å². The molecule has 0 unspecified atom stereocenters. The van der Waals surface area contributed by atoms with Crippen molar-refractivity contribution in [2.75, 3.05) is 17.7 Å². The summed E-state index contributed by atoms with van der Waals surface area (Å²) in [6, 6.07) is 2.00. The first-order valence-electron chi connectivity index (χ1n) is 6.29. The Hall–Kier alpha value is -1.78. The molecule has 3 N–H and O–H groups in total. The number of carbonyl (C=O) groups excluding carboxylic acids is 1. The van der Waals surface area contributed by atoms with Crippen LogP contribution in [-0.2, 0) is 4.74 Å². The summed E-state index contributed by atoms with van der Waals surface area (Å²) in [5.41, 5.74) is 6.54. The van der Waals surface area contributed by atoms with Crippen LogP contribution in [-0.4, -0.2) is 23.6 Å². The predicted octanol–water partition coefficient (Wildman–Crippen LogP) is 2.05. The van der Waals surface area contributed by atoms with Crippen molar-refractivity contribution >= 4 is 17.5 Å². The van der Waals surface area contributed by atoms with Crippen LogP contribution in [0.5, 0.6) is 0 Å². The molecule has 0 radical (unpaired) electrons. The lowest BCUT2D eigenvalue weighted by atomic mass is 9.82. The Kier molecular flexibility index (Phi) is 3.69. The minimum atomic E-state index is -0.382. The molecule has 1 fully saturated rings. The number of hydrogen-bond acceptors (Lipinski definition) is 5. The number of nitrogens with one attached hydrogen (secondary N) is 1. The number of nitrogen functional groups attached to an aromatic ring is 1. The smallest absolute Gasteiger partial charge is 0.341 e. The monoisotopic (exact) mass is 249 g/mol. The third-order valence-corrected chi connectivity index (χ3v) is 3.12. The first kappa shape index (κ1) is 12.7. The highest BCUT2D eigenvalue weighted by molar-refractivity contribution is 5.95. The van der Waals surface area contributed by atoms with Crippen LogP contribution in [0, 0.1) is 5.92 Å². The molecule has 0 bridgehead atoms. The van der Waals surface area contributed by atoms with E-state index in [0.29, 0.717) is 29.7 Å². The zero-order chi connectivity index (χ0) is 13.1. The van der Waals surface area contributed by atoms with E-state index < -0.39 is 0 Å². The number of hydrogen-bond donors (Lipinski definition) is 2. The molecule has 2 rings (SSSR count). The van der Waals surface area contributed by atoms with Gasteiger partial charge in [0.15, 0.2) is 0 Å². The van der Waals surface area contributed by atoms with Gasteiger partial charge in [-0.1, -0.05) is 6.92 Å². The largest absolute Gasteiger partial charge is 0.462 e. The van der Waals surface area contributed by atoms with Crippen molar-refractivity contribution in [1.29, 1.82) is 0 Å². The van der Waals surface area contributed by atoms with Crippen molar-refractivity contribution in [3.05, 3.63) is 17.8 Å². The number of ether oxygens (including phenoxy) is 1. The average molecular weight is 249 g/mol. The third-order valence-electron chi connectivity index (χ3n) is 3.12. The maximum Gasteiger partial charge on any atom is 0.341 e. The molecular formula is C13H19N3O2. The van der Waals surface area contributed by atoms with Crippen LogP contribution in [0.15, 0.2) is 12.3 Å². The summed E-state index contributed by atoms with van der Waals surface area (Å²) in [4.78, 5) is 16.0. The molecule has 0 aromatic carbocycles. The lowest BCUT2D eigenvalue weighted by Crippen LogP contribution is -2.34. The van der Waals surface area contributed by atoms with Crippen LogP contribution in [0.3, 0.4) is 0 Å². The molecule has 18 heavy (non-hydrogen) atoms. The second kappa shape index (κ2) is 5.25. The fourth-order valence-electron chi connectivity index (χ4n) is 2.17. The Labute approximate surface area is 107 Å². The second-order valence-corrected chi connectivity index (χ2v) is 4.80. The van der Waals surface area contributed by atoms with Crippen LogP contribution < -0.4 is 11.1 Å². The SMILES string of the molecule is CCOC(=O)c1cc(N)cnc1NC1CC(C)C1. The number of nitrogens with zero attached hydrogens (tertiary/aromatic N) is 1. The second-order valence-electron chi connectivity index (χ2n) is 4.80. The lowest BCUT2D eigenvalue weighted by Gasteiger charge is -2.34. The summed E-state index contributed by atoms with van der Waals surface area (Å²) in [5, 5.41) is 3.28. The van der Waals surface area contributed by atoms with Gasteiger partial charge in [0.2, 0.25) is 0 Å². The summed E-state index contributed by atoms with van der Waals surface area (Å²) >= 11 is 0. The molecule has 98 valence electrons. The van der Waals surface area contributed by atoms with Crippen molar-refractivity contribution in [3.63, 3.8) is 0 Å². The van der Waals surface area contributed by atoms with Gasteiger partial charge in [0.1, 0.15) is 11.4 Å². The van der Waals surface area contributed by atoms with Gasteiger partial charge in [0, 0.05) is 6.04 Å². The highest BCUT2D eigenvalue weighted by atomic mass is 16.5. The van der Waals surface area contributed by atoms with Crippen molar-refractivity contribution in [3.8, 4) is 0 Å². The van der Waals surface area contributed by atoms with Crippen molar-refractivity contribution in [2.24, 2.45) is 5.92 Å². The first-order chi connectivity index (χ1) is 8.60. The summed E-state index contributed by atoms with van der Waals surface area (Å²) < 4.78 is 5.00. The quantitative estimate of drug-likeness (QED) is 0.798. The Balaban J connectivity index is 2.15. The van der Waals surface area contributed by atoms with E-state index in [4.69, 9.17) is 10.5 Å². The van der Waals surface area contributed by atoms with E-state index in [1.807, 2.05) is 0 Å². The Morgan fingerprint density at radius 1 is 1.61 bits per heavy atom. The number of aromatic nitrogens is 1. The molecule has 5 nitrogen and oxygen atoms in total. The van der Waals surface area contributed by atoms with E-state index in [1.54, 1.807) is 19.2 Å². The minimum Gasteiger partial charge on any atom is -0.462 e. The van der Waals surface area contributed by atoms with Crippen molar-refractivity contribution in [1.82, 2.24) is 4.98 Å². The molecule has 0 amide bonds. The van der Waals surface area contributed by atoms with E-state index in [2.05, 4.69) is 17.2 Å². The van der Waals surface area contributed by atoms with Crippen LogP contribution in [0.2, 0.25) is 0 Å². The van der Waals surface area contributed by atoms with E-state index in [9.17, 15) is 4.79 Å². The van der Waals surface area contributed by atoms with E-state index >= 15 is 0 Å². The van der Waals surface area contributed by atoms with Crippen molar-refractivity contribution in [2.45, 2.75) is 32.7 Å². The highest BCUT2D eigenvalue weighted by Crippen LogP contribution is 2.30. The number of rotatable bonds is 4. The number of esters is 1. The van der Waals surface area contributed by atoms with E-state index in [0.717, 1.165) is 18.8 Å². The molecular weight excluding hydrogens is 230 g/mol. The molecule has 1 aliphatic rings. The van der Waals surface area contributed by atoms with Gasteiger partial charge in [-0.3, -0.25) is 0 Å². The number of nitrogens with two attached hydrogens (primary N) is 1. The zero-order valence-corrected chi connectivity index (χ0v) is 10.8. The Morgan fingerprint density at radius 2 is 2.33 bits per heavy atom. The van der Waals surface area contributed by atoms with Gasteiger partial charge in [-0.2, -0.15) is 0 Å². The molecule has 1 aliphatic carbocycles. The number of anilines is 2. The molecule has 0 atom stereocenters. The molecule has 1 saturated carbocycles. The van der Waals surface area contributed by atoms with Crippen LogP contribution in [0.4, 0.5) is 11.5 Å². The molecule has 0 aliphatic heterocycles. The standard InChI is InChI=1S/C13H19N3O2/c1-3-18-13(17)11-6-9(14)7-15-12(11)16-10-4-8(2)5-10/h6-8,10H,3-5,14H2,1-2H3,(H,15,16). The summed E-state index contributed by atoms with van der Waals surface area (Å²) in [6.07, 6.45) is 3.76. The van der Waals surface area contributed by atoms with Crippen LogP contribution >= 0.6 is 0 Å². The summed E-state index contributed by atoms with van der Waals surface area (Å²) in [5.74, 6) is 0.925. The average Bonchev–Trinajstić information content (AvgIpc) is 2.29. The maximum atomic E-state index is 11.8. The summed E-state index contributed by atoms with van der Waals surface area (Å²) in [7, 11) is 0. The fourth-order valence-corrected chi connectivity index (χ4v) is 2.17. The van der Waals surface area contributed by atoms with Crippen LogP contribution in [0.1, 0.15) is 37.0 Å². The van der Waals surface area contributed by atoms with E-state index in [1.165, 1.54) is 0 Å². The number of pyridine rings is 1. The third kappa shape index (κ3) is 2.72. The molecule has 5 heteroatoms. The fraction of sp³-hybridized carbons (Fsp3) is 0.538. The number of carbonyl (C=O) groups is 1. The topological polar surface area (TPSA) is 77.2 Å². The Bertz CT molecular complexity index is 442. The lowest BCUT2D eigenvalue weighted by molar-refractivity contribution is 0.0527. The van der Waals surface area contributed by atoms with Crippen molar-refractivity contribution < 1.29 is 9.53 Å². The summed E-state index contributed by atoms with van der Waals surface area (Å²) in [6.45, 7) is 4.33. The molecule has 1 aromatic heterocycles. The van der Waals surface area contributed by atoms with E-state index in [-0.39, 0.29) is 5.97 Å². The molecule has 1 heterocycles. The highest BCUT2D eigenvalue weighted by Gasteiger charge is 2.27. The van der Waals surface area contributed by atoms with Gasteiger partial charge in [0.05, 0.1) is 18.5 Å². The van der Waals surface area contributed by atoms with Gasteiger partial charge >= 0.3 is 5.97 Å². The molecule has 1 aromatic rings. The van der Waals surface area contributed by atoms with Gasteiger partial charge < -0.3 is 15.8 Å². The normalized spacial score (nSPS) is 22.1. The van der Waals surface area contributed by atoms with Gasteiger partial charge in [-0.15, -0.1) is 0 Å². The predicted molar refractivity (Wildman–Crippen MR) is 70.4 cm³/mol. The molecule has 0 saturated heterocycles. The maximum absolute atomic E-state index is 11.8.